The standard InChI is InChI=1S/C21H28N2O2/c1-21(2,15-22)16-23(3)20(24)13-14-25-19-12-8-7-11-18(19)17-9-5-4-6-10-17/h4-12H,13-16,22H2,1-3H3. The number of carbonyl (C=O) groups is 1. The van der Waals surface area contributed by atoms with Gasteiger partial charge in [0, 0.05) is 19.2 Å². The molecular weight excluding hydrogens is 312 g/mol. The van der Waals surface area contributed by atoms with Crippen LogP contribution in [0, 0.1) is 5.41 Å². The van der Waals surface area contributed by atoms with Gasteiger partial charge in [-0.25, -0.2) is 0 Å². The first-order valence-corrected chi connectivity index (χ1v) is 8.64. The van der Waals surface area contributed by atoms with Crippen LogP contribution in [-0.2, 0) is 4.79 Å². The van der Waals surface area contributed by atoms with Crippen LogP contribution < -0.4 is 10.5 Å². The first kappa shape index (κ1) is 19.0. The fourth-order valence-electron chi connectivity index (χ4n) is 2.68. The Bertz CT molecular complexity index is 683. The van der Waals surface area contributed by atoms with Gasteiger partial charge in [-0.15, -0.1) is 0 Å². The molecule has 2 aromatic carbocycles. The summed E-state index contributed by atoms with van der Waals surface area (Å²) in [6.45, 7) is 5.66. The van der Waals surface area contributed by atoms with Crippen molar-refractivity contribution in [1.82, 2.24) is 4.90 Å². The topological polar surface area (TPSA) is 55.6 Å². The Morgan fingerprint density at radius 1 is 1.08 bits per heavy atom. The Hall–Kier alpha value is -2.33. The van der Waals surface area contributed by atoms with E-state index in [2.05, 4.69) is 26.0 Å². The molecule has 0 heterocycles. The van der Waals surface area contributed by atoms with Crippen LogP contribution in [0.15, 0.2) is 54.6 Å². The summed E-state index contributed by atoms with van der Waals surface area (Å²) in [5.41, 5.74) is 7.80. The van der Waals surface area contributed by atoms with Crippen LogP contribution in [-0.4, -0.2) is 37.6 Å². The van der Waals surface area contributed by atoms with Crippen molar-refractivity contribution in [3.05, 3.63) is 54.6 Å². The predicted molar refractivity (Wildman–Crippen MR) is 102 cm³/mol. The SMILES string of the molecule is CN(CC(C)(C)CN)C(=O)CCOc1ccccc1-c1ccccc1. The molecule has 0 saturated heterocycles. The molecule has 4 nitrogen and oxygen atoms in total. The number of nitrogens with zero attached hydrogens (tertiary/aromatic N) is 1. The summed E-state index contributed by atoms with van der Waals surface area (Å²) in [5.74, 6) is 0.866. The highest BCUT2D eigenvalue weighted by Crippen LogP contribution is 2.29. The monoisotopic (exact) mass is 340 g/mol. The number of nitrogens with two attached hydrogens (primary N) is 1. The Morgan fingerprint density at radius 3 is 2.40 bits per heavy atom. The lowest BCUT2D eigenvalue weighted by Gasteiger charge is -2.29. The van der Waals surface area contributed by atoms with Gasteiger partial charge in [0.2, 0.25) is 5.91 Å². The normalized spacial score (nSPS) is 11.2. The highest BCUT2D eigenvalue weighted by Gasteiger charge is 2.21. The van der Waals surface area contributed by atoms with Gasteiger partial charge in [-0.3, -0.25) is 4.79 Å². The second-order valence-electron chi connectivity index (χ2n) is 7.08. The van der Waals surface area contributed by atoms with Gasteiger partial charge in [-0.1, -0.05) is 62.4 Å². The maximum Gasteiger partial charge on any atom is 0.225 e. The number of benzene rings is 2. The molecule has 0 aliphatic heterocycles. The van der Waals surface area contributed by atoms with Crippen LogP contribution in [0.25, 0.3) is 11.1 Å². The summed E-state index contributed by atoms with van der Waals surface area (Å²) in [5, 5.41) is 0. The van der Waals surface area contributed by atoms with E-state index in [-0.39, 0.29) is 11.3 Å². The zero-order valence-electron chi connectivity index (χ0n) is 15.4. The molecule has 25 heavy (non-hydrogen) atoms. The maximum absolute atomic E-state index is 12.3. The Morgan fingerprint density at radius 2 is 1.72 bits per heavy atom. The van der Waals surface area contributed by atoms with Gasteiger partial charge in [0.1, 0.15) is 5.75 Å². The summed E-state index contributed by atoms with van der Waals surface area (Å²) in [4.78, 5) is 14.0. The van der Waals surface area contributed by atoms with E-state index >= 15 is 0 Å². The Kier molecular flexibility index (Phi) is 6.59. The van der Waals surface area contributed by atoms with Crippen molar-refractivity contribution in [1.29, 1.82) is 0 Å². The molecular formula is C21H28N2O2. The number of carbonyl (C=O) groups excluding carboxylic acids is 1. The molecule has 0 fully saturated rings. The smallest absolute Gasteiger partial charge is 0.225 e. The average molecular weight is 340 g/mol. The number of para-hydroxylation sites is 1. The van der Waals surface area contributed by atoms with Gasteiger partial charge in [0.25, 0.3) is 0 Å². The molecule has 0 spiro atoms. The van der Waals surface area contributed by atoms with Gasteiger partial charge < -0.3 is 15.4 Å². The molecule has 134 valence electrons. The minimum atomic E-state index is -0.0782. The molecule has 0 aromatic heterocycles. The van der Waals surface area contributed by atoms with Gasteiger partial charge in [0.05, 0.1) is 13.0 Å². The van der Waals surface area contributed by atoms with Gasteiger partial charge in [-0.2, -0.15) is 0 Å². The van der Waals surface area contributed by atoms with Crippen molar-refractivity contribution >= 4 is 5.91 Å². The second-order valence-corrected chi connectivity index (χ2v) is 7.08. The average Bonchev–Trinajstić information content (AvgIpc) is 2.62. The van der Waals surface area contributed by atoms with Crippen molar-refractivity contribution in [3.63, 3.8) is 0 Å². The van der Waals surface area contributed by atoms with Crippen LogP contribution in [0.2, 0.25) is 0 Å². The van der Waals surface area contributed by atoms with Crippen LogP contribution in [0.5, 0.6) is 5.75 Å². The molecule has 0 aliphatic rings. The van der Waals surface area contributed by atoms with E-state index in [0.717, 1.165) is 16.9 Å². The molecule has 0 bridgehead atoms. The zero-order chi connectivity index (χ0) is 18.3. The van der Waals surface area contributed by atoms with E-state index in [1.165, 1.54) is 0 Å². The van der Waals surface area contributed by atoms with E-state index in [4.69, 9.17) is 10.5 Å². The third kappa shape index (κ3) is 5.61. The number of ether oxygens (including phenoxy) is 1. The maximum atomic E-state index is 12.3. The Labute approximate surface area is 150 Å². The van der Waals surface area contributed by atoms with E-state index in [1.807, 2.05) is 49.5 Å². The minimum absolute atomic E-state index is 0.0683. The van der Waals surface area contributed by atoms with Crippen molar-refractivity contribution in [2.45, 2.75) is 20.3 Å². The van der Waals surface area contributed by atoms with E-state index in [1.54, 1.807) is 4.90 Å². The van der Waals surface area contributed by atoms with Crippen molar-refractivity contribution in [2.75, 3.05) is 26.7 Å². The molecule has 1 amide bonds. The fourth-order valence-corrected chi connectivity index (χ4v) is 2.68. The second kappa shape index (κ2) is 8.67. The molecule has 0 radical (unpaired) electrons. The quantitative estimate of drug-likeness (QED) is 0.799. The van der Waals surface area contributed by atoms with Gasteiger partial charge in [0.15, 0.2) is 0 Å². The first-order chi connectivity index (χ1) is 11.9. The largest absolute Gasteiger partial charge is 0.492 e. The lowest BCUT2D eigenvalue weighted by Crippen LogP contribution is -2.40. The fraction of sp³-hybridized carbons (Fsp3) is 0.381. The molecule has 4 heteroatoms. The third-order valence-electron chi connectivity index (χ3n) is 4.19. The zero-order valence-corrected chi connectivity index (χ0v) is 15.4. The lowest BCUT2D eigenvalue weighted by atomic mass is 9.93. The number of amides is 1. The van der Waals surface area contributed by atoms with Crippen LogP contribution in [0.4, 0.5) is 0 Å². The summed E-state index contributed by atoms with van der Waals surface area (Å²) >= 11 is 0. The number of hydrogen-bond acceptors (Lipinski definition) is 3. The van der Waals surface area contributed by atoms with Crippen LogP contribution >= 0.6 is 0 Å². The predicted octanol–water partition coefficient (Wildman–Crippen LogP) is 3.57. The van der Waals surface area contributed by atoms with Crippen molar-refractivity contribution in [2.24, 2.45) is 11.1 Å². The summed E-state index contributed by atoms with van der Waals surface area (Å²) in [6, 6.07) is 18.0. The molecule has 2 rings (SSSR count). The highest BCUT2D eigenvalue weighted by molar-refractivity contribution is 5.76. The first-order valence-electron chi connectivity index (χ1n) is 8.64. The van der Waals surface area contributed by atoms with Crippen molar-refractivity contribution in [3.8, 4) is 16.9 Å². The molecule has 0 unspecified atom stereocenters. The summed E-state index contributed by atoms with van der Waals surface area (Å²) in [7, 11) is 1.82. The van der Waals surface area contributed by atoms with Gasteiger partial charge >= 0.3 is 0 Å². The summed E-state index contributed by atoms with van der Waals surface area (Å²) < 4.78 is 5.90. The minimum Gasteiger partial charge on any atom is -0.492 e. The van der Waals surface area contributed by atoms with E-state index in [9.17, 15) is 4.79 Å². The lowest BCUT2D eigenvalue weighted by molar-refractivity contribution is -0.131. The Balaban J connectivity index is 1.93. The van der Waals surface area contributed by atoms with Crippen LogP contribution in [0.3, 0.4) is 0 Å². The summed E-state index contributed by atoms with van der Waals surface area (Å²) in [6.07, 6.45) is 0.347. The van der Waals surface area contributed by atoms with Crippen molar-refractivity contribution < 1.29 is 9.53 Å². The third-order valence-corrected chi connectivity index (χ3v) is 4.19. The highest BCUT2D eigenvalue weighted by atomic mass is 16.5. The number of hydrogen-bond donors (Lipinski definition) is 1. The van der Waals surface area contributed by atoms with Crippen LogP contribution in [0.1, 0.15) is 20.3 Å². The number of rotatable bonds is 8. The molecule has 0 atom stereocenters. The molecule has 2 aromatic rings. The molecule has 0 saturated carbocycles. The molecule has 0 aliphatic carbocycles. The van der Waals surface area contributed by atoms with E-state index in [0.29, 0.717) is 26.1 Å². The van der Waals surface area contributed by atoms with Gasteiger partial charge in [-0.05, 0) is 23.6 Å². The van der Waals surface area contributed by atoms with E-state index < -0.39 is 0 Å². The molecule has 2 N–H and O–H groups in total.